The Kier molecular flexibility index (Phi) is 4.21. The van der Waals surface area contributed by atoms with Crippen molar-refractivity contribution in [1.82, 2.24) is 0 Å². The first-order valence-corrected chi connectivity index (χ1v) is 6.68. The second-order valence-corrected chi connectivity index (χ2v) is 5.49. The molecule has 0 radical (unpaired) electrons. The number of nitrogens with zero attached hydrogens (tertiary/aromatic N) is 1. The largest absolute Gasteiger partial charge is 0.573 e. The molecule has 0 aliphatic heterocycles. The lowest BCUT2D eigenvalue weighted by atomic mass is 10.2. The normalized spacial score (nSPS) is 12.9. The highest BCUT2D eigenvalue weighted by Gasteiger charge is 2.30. The van der Waals surface area contributed by atoms with Crippen LogP contribution in [0.15, 0.2) is 29.2 Å². The maximum absolute atomic E-state index is 11.9. The molecule has 0 fully saturated rings. The van der Waals surface area contributed by atoms with Gasteiger partial charge in [0.1, 0.15) is 16.7 Å². The molecule has 1 aromatic carbocycles. The van der Waals surface area contributed by atoms with Crippen molar-refractivity contribution in [3.05, 3.63) is 34.7 Å². The third-order valence-corrected chi connectivity index (χ3v) is 2.93. The van der Waals surface area contributed by atoms with Gasteiger partial charge in [0.25, 0.3) is 0 Å². The van der Waals surface area contributed by atoms with E-state index in [4.69, 9.17) is 5.26 Å². The van der Waals surface area contributed by atoms with Crippen LogP contribution in [0.5, 0.6) is 5.75 Å². The van der Waals surface area contributed by atoms with Crippen LogP contribution in [0.4, 0.5) is 13.2 Å². The molecule has 0 heterocycles. The van der Waals surface area contributed by atoms with Crippen LogP contribution in [-0.4, -0.2) is 21.0 Å². The van der Waals surface area contributed by atoms with Gasteiger partial charge in [-0.25, -0.2) is 8.42 Å². The molecule has 4 nitrogen and oxygen atoms in total. The summed E-state index contributed by atoms with van der Waals surface area (Å²) in [5.41, 5.74) is 0.275. The number of benzene rings is 1. The van der Waals surface area contributed by atoms with Crippen LogP contribution in [-0.2, 0) is 9.84 Å². The Balaban J connectivity index is 3.01. The van der Waals surface area contributed by atoms with Crippen molar-refractivity contribution in [1.29, 1.82) is 5.26 Å². The zero-order valence-corrected chi connectivity index (χ0v) is 10.4. The van der Waals surface area contributed by atoms with E-state index < -0.39 is 26.9 Å². The van der Waals surface area contributed by atoms with E-state index >= 15 is 0 Å². The maximum Gasteiger partial charge on any atom is 0.573 e. The molecular weight excluding hydrogens is 283 g/mol. The number of rotatable bonds is 3. The Morgan fingerprint density at radius 2 is 1.84 bits per heavy atom. The Labute approximate surface area is 107 Å². The molecule has 102 valence electrons. The minimum absolute atomic E-state index is 0.275. The molecule has 0 amide bonds. The number of hydrogen-bond donors (Lipinski definition) is 0. The molecule has 0 saturated carbocycles. The topological polar surface area (TPSA) is 67.2 Å². The van der Waals surface area contributed by atoms with Crippen molar-refractivity contribution in [2.24, 2.45) is 0 Å². The van der Waals surface area contributed by atoms with Gasteiger partial charge in [0, 0.05) is 6.26 Å². The SMILES string of the molecule is CS(=O)(=O)/C(C#N)=C/c1ccc(OC(F)(F)F)cc1. The molecule has 0 aromatic heterocycles. The fraction of sp³-hybridized carbons (Fsp3) is 0.182. The molecule has 1 rings (SSSR count). The Morgan fingerprint density at radius 1 is 1.32 bits per heavy atom. The van der Waals surface area contributed by atoms with E-state index in [2.05, 4.69) is 4.74 Å². The van der Waals surface area contributed by atoms with Crippen molar-refractivity contribution in [2.75, 3.05) is 6.26 Å². The van der Waals surface area contributed by atoms with Gasteiger partial charge in [0.2, 0.25) is 0 Å². The maximum atomic E-state index is 11.9. The van der Waals surface area contributed by atoms with Gasteiger partial charge in [0.05, 0.1) is 0 Å². The summed E-state index contributed by atoms with van der Waals surface area (Å²) in [7, 11) is -3.66. The lowest BCUT2D eigenvalue weighted by Crippen LogP contribution is -2.16. The van der Waals surface area contributed by atoms with Gasteiger partial charge >= 0.3 is 6.36 Å². The zero-order chi connectivity index (χ0) is 14.7. The monoisotopic (exact) mass is 291 g/mol. The van der Waals surface area contributed by atoms with Crippen LogP contribution in [0.2, 0.25) is 0 Å². The number of nitriles is 1. The summed E-state index contributed by atoms with van der Waals surface area (Å²) >= 11 is 0. The smallest absolute Gasteiger partial charge is 0.406 e. The molecule has 0 atom stereocenters. The van der Waals surface area contributed by atoms with Crippen molar-refractivity contribution in [3.8, 4) is 11.8 Å². The molecule has 1 aromatic rings. The lowest BCUT2D eigenvalue weighted by molar-refractivity contribution is -0.274. The summed E-state index contributed by atoms with van der Waals surface area (Å²) in [5.74, 6) is -0.428. The highest BCUT2D eigenvalue weighted by atomic mass is 32.2. The predicted octanol–water partition coefficient (Wildman–Crippen LogP) is 2.49. The highest BCUT2D eigenvalue weighted by Crippen LogP contribution is 2.23. The van der Waals surface area contributed by atoms with Gasteiger partial charge in [-0.05, 0) is 23.8 Å². The molecule has 0 unspecified atom stereocenters. The summed E-state index contributed by atoms with van der Waals surface area (Å²) in [6, 6.07) is 5.98. The van der Waals surface area contributed by atoms with Crippen LogP contribution in [0, 0.1) is 11.3 Å². The Morgan fingerprint density at radius 3 is 2.21 bits per heavy atom. The molecule has 0 aliphatic carbocycles. The number of hydrogen-bond acceptors (Lipinski definition) is 4. The van der Waals surface area contributed by atoms with Crippen molar-refractivity contribution >= 4 is 15.9 Å². The van der Waals surface area contributed by atoms with Crippen LogP contribution in [0.3, 0.4) is 0 Å². The first-order chi connectivity index (χ1) is 8.62. The van der Waals surface area contributed by atoms with Gasteiger partial charge in [-0.2, -0.15) is 5.26 Å². The average Bonchev–Trinajstić information content (AvgIpc) is 2.24. The van der Waals surface area contributed by atoms with E-state index in [1.807, 2.05) is 0 Å². The average molecular weight is 291 g/mol. The van der Waals surface area contributed by atoms with Crippen LogP contribution < -0.4 is 4.74 Å². The molecule has 19 heavy (non-hydrogen) atoms. The fourth-order valence-electron chi connectivity index (χ4n) is 1.14. The number of sulfone groups is 1. The van der Waals surface area contributed by atoms with E-state index in [9.17, 15) is 21.6 Å². The summed E-state index contributed by atoms with van der Waals surface area (Å²) in [6.07, 6.45) is -2.86. The van der Waals surface area contributed by atoms with Gasteiger partial charge in [-0.1, -0.05) is 12.1 Å². The van der Waals surface area contributed by atoms with Gasteiger partial charge in [0.15, 0.2) is 9.84 Å². The third-order valence-electron chi connectivity index (χ3n) is 1.92. The molecule has 0 N–H and O–H groups in total. The molecule has 0 spiro atoms. The molecule has 8 heteroatoms. The standard InChI is InChI=1S/C11H8F3NO3S/c1-19(16,17)10(7-15)6-8-2-4-9(5-3-8)18-11(12,13)14/h2-6H,1H3/b10-6+. The van der Waals surface area contributed by atoms with E-state index in [1.54, 1.807) is 0 Å². The minimum atomic E-state index is -4.79. The van der Waals surface area contributed by atoms with Crippen molar-refractivity contribution in [2.45, 2.75) is 6.36 Å². The number of ether oxygens (including phenoxy) is 1. The number of halogens is 3. The number of allylic oxidation sites excluding steroid dienone is 1. The van der Waals surface area contributed by atoms with Crippen LogP contribution >= 0.6 is 0 Å². The van der Waals surface area contributed by atoms with E-state index in [-0.39, 0.29) is 5.56 Å². The van der Waals surface area contributed by atoms with Crippen LogP contribution in [0.25, 0.3) is 6.08 Å². The second-order valence-electron chi connectivity index (χ2n) is 3.51. The van der Waals surface area contributed by atoms with Gasteiger partial charge in [-0.3, -0.25) is 0 Å². The fourth-order valence-corrected chi connectivity index (χ4v) is 1.66. The molecule has 0 aliphatic rings. The van der Waals surface area contributed by atoms with Gasteiger partial charge < -0.3 is 4.74 Å². The molecule has 0 bridgehead atoms. The second kappa shape index (κ2) is 5.32. The summed E-state index contributed by atoms with van der Waals surface area (Å²) < 4.78 is 61.7. The minimum Gasteiger partial charge on any atom is -0.406 e. The Bertz CT molecular complexity index is 625. The van der Waals surface area contributed by atoms with E-state index in [0.717, 1.165) is 24.5 Å². The van der Waals surface area contributed by atoms with E-state index in [0.29, 0.717) is 0 Å². The van der Waals surface area contributed by atoms with Gasteiger partial charge in [-0.15, -0.1) is 13.2 Å². The first kappa shape index (κ1) is 15.0. The third kappa shape index (κ3) is 5.01. The first-order valence-electron chi connectivity index (χ1n) is 4.79. The summed E-state index contributed by atoms with van der Waals surface area (Å²) in [4.78, 5) is -0.475. The summed E-state index contributed by atoms with van der Waals surface area (Å²) in [6.45, 7) is 0. The Hall–Kier alpha value is -2.01. The lowest BCUT2D eigenvalue weighted by Gasteiger charge is -2.08. The highest BCUT2D eigenvalue weighted by molar-refractivity contribution is 7.95. The summed E-state index contributed by atoms with van der Waals surface area (Å²) in [5, 5.41) is 8.66. The van der Waals surface area contributed by atoms with E-state index in [1.165, 1.54) is 18.2 Å². The zero-order valence-electron chi connectivity index (χ0n) is 9.60. The molecular formula is C11H8F3NO3S. The number of alkyl halides is 3. The quantitative estimate of drug-likeness (QED) is 0.802. The molecule has 0 saturated heterocycles. The van der Waals surface area contributed by atoms with Crippen LogP contribution in [0.1, 0.15) is 5.56 Å². The predicted molar refractivity (Wildman–Crippen MR) is 61.6 cm³/mol. The van der Waals surface area contributed by atoms with Crippen molar-refractivity contribution in [3.63, 3.8) is 0 Å². The van der Waals surface area contributed by atoms with Crippen molar-refractivity contribution < 1.29 is 26.3 Å².